The molecule has 1 aliphatic rings. The molecule has 0 N–H and O–H groups in total. The fraction of sp³-hybridized carbons (Fsp3) is 0.238. The molecule has 29 heavy (non-hydrogen) atoms. The van der Waals surface area contributed by atoms with E-state index in [0.717, 1.165) is 46.3 Å². The Labute approximate surface area is 193 Å². The molecule has 0 saturated heterocycles. The second kappa shape index (κ2) is 9.50. The van der Waals surface area contributed by atoms with Gasteiger partial charge in [-0.05, 0) is 45.3 Å². The maximum Gasteiger partial charge on any atom is 0.110 e. The van der Waals surface area contributed by atoms with Gasteiger partial charge < -0.3 is 4.90 Å². The number of benzene rings is 2. The van der Waals surface area contributed by atoms with Gasteiger partial charge in [-0.1, -0.05) is 41.4 Å². The molecule has 154 valence electrons. The van der Waals surface area contributed by atoms with Gasteiger partial charge in [-0.3, -0.25) is 9.56 Å². The van der Waals surface area contributed by atoms with Crippen molar-refractivity contribution in [2.24, 2.45) is 4.99 Å². The van der Waals surface area contributed by atoms with Crippen molar-refractivity contribution in [2.75, 3.05) is 14.1 Å². The van der Waals surface area contributed by atoms with Crippen LogP contribution in [-0.2, 0) is 13.1 Å². The third-order valence-electron chi connectivity index (χ3n) is 4.66. The van der Waals surface area contributed by atoms with Gasteiger partial charge in [0.15, 0.2) is 0 Å². The average Bonchev–Trinajstić information content (AvgIpc) is 2.82. The average molecular weight is 472 g/mol. The van der Waals surface area contributed by atoms with E-state index in [-0.39, 0.29) is 24.8 Å². The molecule has 1 aliphatic heterocycles. The van der Waals surface area contributed by atoms with E-state index in [0.29, 0.717) is 16.6 Å². The van der Waals surface area contributed by atoms with Gasteiger partial charge in [-0.15, -0.1) is 24.8 Å². The number of imidazole rings is 1. The number of rotatable bonds is 3. The summed E-state index contributed by atoms with van der Waals surface area (Å²) in [6, 6.07) is 13.7. The van der Waals surface area contributed by atoms with Crippen molar-refractivity contribution in [1.82, 2.24) is 14.5 Å². The Kier molecular flexibility index (Phi) is 7.77. The monoisotopic (exact) mass is 470 g/mol. The molecule has 1 aromatic heterocycles. The first kappa shape index (κ1) is 23.7. The van der Waals surface area contributed by atoms with Crippen LogP contribution in [0.25, 0.3) is 5.69 Å². The molecular weight excluding hydrogens is 450 g/mol. The van der Waals surface area contributed by atoms with Gasteiger partial charge >= 0.3 is 0 Å². The van der Waals surface area contributed by atoms with Crippen LogP contribution in [0.1, 0.15) is 28.3 Å². The second-order valence-corrected chi connectivity index (χ2v) is 7.78. The summed E-state index contributed by atoms with van der Waals surface area (Å²) in [6.07, 6.45) is 0. The topological polar surface area (TPSA) is 33.4 Å². The minimum Gasteiger partial charge on any atom is -0.304 e. The first-order chi connectivity index (χ1) is 13.0. The van der Waals surface area contributed by atoms with Gasteiger partial charge in [0.25, 0.3) is 0 Å². The van der Waals surface area contributed by atoms with Crippen LogP contribution in [0.2, 0.25) is 10.0 Å². The van der Waals surface area contributed by atoms with Crippen molar-refractivity contribution in [1.29, 1.82) is 0 Å². The fourth-order valence-corrected chi connectivity index (χ4v) is 3.95. The lowest BCUT2D eigenvalue weighted by Crippen LogP contribution is -2.13. The molecule has 0 spiro atoms. The van der Waals surface area contributed by atoms with E-state index in [1.54, 1.807) is 0 Å². The molecule has 0 unspecified atom stereocenters. The summed E-state index contributed by atoms with van der Waals surface area (Å²) < 4.78 is 2.19. The zero-order valence-corrected chi connectivity index (χ0v) is 19.5. The Morgan fingerprint density at radius 1 is 1.03 bits per heavy atom. The smallest absolute Gasteiger partial charge is 0.110 e. The Morgan fingerprint density at radius 2 is 1.76 bits per heavy atom. The van der Waals surface area contributed by atoms with Crippen molar-refractivity contribution >= 4 is 53.7 Å². The number of hydrogen-bond acceptors (Lipinski definition) is 3. The van der Waals surface area contributed by atoms with Crippen LogP contribution in [0.4, 0.5) is 0 Å². The maximum atomic E-state index is 6.49. The highest BCUT2D eigenvalue weighted by molar-refractivity contribution is 6.36. The van der Waals surface area contributed by atoms with E-state index in [4.69, 9.17) is 33.2 Å². The molecule has 2 aromatic carbocycles. The van der Waals surface area contributed by atoms with Gasteiger partial charge in [0.1, 0.15) is 5.82 Å². The third-order valence-corrected chi connectivity index (χ3v) is 5.22. The van der Waals surface area contributed by atoms with Crippen molar-refractivity contribution in [3.63, 3.8) is 0 Å². The third kappa shape index (κ3) is 4.47. The predicted molar refractivity (Wildman–Crippen MR) is 126 cm³/mol. The Hall–Kier alpha value is -1.56. The molecule has 0 radical (unpaired) electrons. The number of halogens is 4. The first-order valence-electron chi connectivity index (χ1n) is 8.77. The lowest BCUT2D eigenvalue weighted by molar-refractivity contribution is 0.395. The zero-order chi connectivity index (χ0) is 19.1. The minimum absolute atomic E-state index is 0. The molecule has 0 saturated carbocycles. The van der Waals surface area contributed by atoms with Gasteiger partial charge in [0, 0.05) is 27.7 Å². The maximum absolute atomic E-state index is 6.49. The number of aliphatic imine (C=N–C) groups is 1. The number of fused-ring (bicyclic) bond motifs is 3. The lowest BCUT2D eigenvalue weighted by Gasteiger charge is -2.14. The summed E-state index contributed by atoms with van der Waals surface area (Å²) in [4.78, 5) is 11.9. The molecule has 2 heterocycles. The van der Waals surface area contributed by atoms with Crippen LogP contribution in [-0.4, -0.2) is 34.3 Å². The summed E-state index contributed by atoms with van der Waals surface area (Å²) >= 11 is 12.8. The van der Waals surface area contributed by atoms with Crippen molar-refractivity contribution in [3.8, 4) is 5.69 Å². The summed E-state index contributed by atoms with van der Waals surface area (Å²) in [7, 11) is 4.09. The van der Waals surface area contributed by atoms with Crippen molar-refractivity contribution < 1.29 is 0 Å². The van der Waals surface area contributed by atoms with Crippen LogP contribution < -0.4 is 0 Å². The standard InChI is InChI=1S/C21H20Cl2N4.2ClH/c1-13-25-18(12-26(2)3)20-11-24-21(15-6-4-5-7-17(15)23)16-10-14(22)8-9-19(16)27(13)20;;/h4-10H,11-12H2,1-3H3;2*1H. The highest BCUT2D eigenvalue weighted by Gasteiger charge is 2.24. The minimum atomic E-state index is 0. The number of hydrogen-bond donors (Lipinski definition) is 0. The van der Waals surface area contributed by atoms with E-state index in [1.807, 2.05) is 63.5 Å². The SMILES string of the molecule is Cc1nc(CN(C)C)c2n1-c1ccc(Cl)cc1C(c1ccccc1Cl)=NC2.Cl.Cl. The fourth-order valence-electron chi connectivity index (χ4n) is 3.56. The van der Waals surface area contributed by atoms with E-state index < -0.39 is 0 Å². The summed E-state index contributed by atoms with van der Waals surface area (Å²) in [5.74, 6) is 0.945. The van der Waals surface area contributed by atoms with E-state index >= 15 is 0 Å². The van der Waals surface area contributed by atoms with Crippen molar-refractivity contribution in [3.05, 3.63) is 80.8 Å². The second-order valence-electron chi connectivity index (χ2n) is 6.93. The Bertz CT molecular complexity index is 1060. The molecule has 0 atom stereocenters. The molecule has 3 aromatic rings. The molecule has 0 bridgehead atoms. The van der Waals surface area contributed by atoms with E-state index in [1.165, 1.54) is 0 Å². The molecule has 8 heteroatoms. The van der Waals surface area contributed by atoms with Crippen LogP contribution in [0.3, 0.4) is 0 Å². The molecular formula is C21H22Cl4N4. The summed E-state index contributed by atoms with van der Waals surface area (Å²) in [6.45, 7) is 3.33. The molecule has 0 fully saturated rings. The number of aryl methyl sites for hydroxylation is 1. The summed E-state index contributed by atoms with van der Waals surface area (Å²) in [5, 5.41) is 1.35. The number of nitrogens with zero attached hydrogens (tertiary/aromatic N) is 4. The highest BCUT2D eigenvalue weighted by Crippen LogP contribution is 2.32. The first-order valence-corrected chi connectivity index (χ1v) is 9.52. The van der Waals surface area contributed by atoms with Crippen molar-refractivity contribution in [2.45, 2.75) is 20.0 Å². The van der Waals surface area contributed by atoms with E-state index in [9.17, 15) is 0 Å². The molecule has 0 amide bonds. The van der Waals surface area contributed by atoms with Crippen LogP contribution in [0.15, 0.2) is 47.5 Å². The van der Waals surface area contributed by atoms with Gasteiger partial charge in [-0.25, -0.2) is 4.98 Å². The lowest BCUT2D eigenvalue weighted by atomic mass is 10.0. The van der Waals surface area contributed by atoms with Crippen LogP contribution in [0.5, 0.6) is 0 Å². The quantitative estimate of drug-likeness (QED) is 0.487. The normalized spacial score (nSPS) is 12.3. The highest BCUT2D eigenvalue weighted by atomic mass is 35.5. The van der Waals surface area contributed by atoms with Crippen LogP contribution >= 0.6 is 48.0 Å². The Balaban J connectivity index is 0.00000150. The van der Waals surface area contributed by atoms with E-state index in [2.05, 4.69) is 9.47 Å². The van der Waals surface area contributed by atoms with Gasteiger partial charge in [0.05, 0.1) is 29.3 Å². The predicted octanol–water partition coefficient (Wildman–Crippen LogP) is 5.74. The zero-order valence-electron chi connectivity index (χ0n) is 16.3. The van der Waals surface area contributed by atoms with Gasteiger partial charge in [-0.2, -0.15) is 0 Å². The largest absolute Gasteiger partial charge is 0.304 e. The Morgan fingerprint density at radius 3 is 2.45 bits per heavy atom. The molecule has 0 aliphatic carbocycles. The summed E-state index contributed by atoms with van der Waals surface area (Å²) in [5.41, 5.74) is 5.91. The molecule has 4 rings (SSSR count). The van der Waals surface area contributed by atoms with Crippen LogP contribution in [0, 0.1) is 6.92 Å². The number of aromatic nitrogens is 2. The van der Waals surface area contributed by atoms with Gasteiger partial charge in [0.2, 0.25) is 0 Å². The molecule has 4 nitrogen and oxygen atoms in total.